The van der Waals surface area contributed by atoms with Crippen LogP contribution in [0.25, 0.3) is 0 Å². The Kier molecular flexibility index (Phi) is 3.13. The third kappa shape index (κ3) is 3.01. The van der Waals surface area contributed by atoms with Crippen LogP contribution in [-0.4, -0.2) is 13.7 Å². The predicted octanol–water partition coefficient (Wildman–Crippen LogP) is 2.10. The van der Waals surface area contributed by atoms with Crippen molar-refractivity contribution in [2.24, 2.45) is 0 Å². The zero-order valence-corrected chi connectivity index (χ0v) is 8.89. The highest BCUT2D eigenvalue weighted by atomic mass is 35.7. The number of benzene rings is 1. The van der Waals surface area contributed by atoms with Crippen molar-refractivity contribution >= 4 is 30.7 Å². The third-order valence-corrected chi connectivity index (χ3v) is 2.45. The van der Waals surface area contributed by atoms with E-state index < -0.39 is 14.3 Å². The van der Waals surface area contributed by atoms with E-state index in [2.05, 4.69) is 5.32 Å². The van der Waals surface area contributed by atoms with Gasteiger partial charge in [-0.05, 0) is 24.6 Å². The lowest BCUT2D eigenvalue weighted by molar-refractivity contribution is 0.268. The van der Waals surface area contributed by atoms with E-state index in [9.17, 15) is 13.2 Å². The molecule has 0 aliphatic heterocycles. The summed E-state index contributed by atoms with van der Waals surface area (Å²) in [6, 6.07) is 6.74. The fourth-order valence-electron chi connectivity index (χ4n) is 0.902. The second kappa shape index (κ2) is 3.98. The minimum absolute atomic E-state index is 0.402. The van der Waals surface area contributed by atoms with Crippen LogP contribution in [0.15, 0.2) is 24.3 Å². The van der Waals surface area contributed by atoms with Crippen molar-refractivity contribution in [1.29, 1.82) is 0 Å². The Morgan fingerprint density at radius 3 is 2.57 bits per heavy atom. The molecule has 0 unspecified atom stereocenters. The molecule has 0 aromatic heterocycles. The van der Waals surface area contributed by atoms with Gasteiger partial charge in [-0.25, -0.2) is 8.42 Å². The summed E-state index contributed by atoms with van der Waals surface area (Å²) in [4.78, 5) is 10.9. The van der Waals surface area contributed by atoms with Crippen LogP contribution in [0.1, 0.15) is 5.56 Å². The Morgan fingerprint density at radius 1 is 1.43 bits per heavy atom. The van der Waals surface area contributed by atoms with Gasteiger partial charge in [0.15, 0.2) is 0 Å². The molecule has 0 saturated heterocycles. The highest BCUT2D eigenvalue weighted by Crippen LogP contribution is 2.11. The second-order valence-electron chi connectivity index (χ2n) is 2.72. The van der Waals surface area contributed by atoms with Crippen molar-refractivity contribution in [3.63, 3.8) is 0 Å². The molecule has 0 radical (unpaired) electrons. The van der Waals surface area contributed by atoms with E-state index in [1.807, 2.05) is 13.0 Å². The van der Waals surface area contributed by atoms with Crippen molar-refractivity contribution in [2.45, 2.75) is 6.92 Å². The number of nitrogens with one attached hydrogen (secondary N) is 1. The fourth-order valence-corrected chi connectivity index (χ4v) is 1.26. The van der Waals surface area contributed by atoms with Crippen molar-refractivity contribution in [2.75, 3.05) is 5.32 Å². The largest absolute Gasteiger partial charge is 0.356 e. The molecule has 14 heavy (non-hydrogen) atoms. The SMILES string of the molecule is Cc1cccc(NC(=O)S(=O)(=O)Cl)c1. The summed E-state index contributed by atoms with van der Waals surface area (Å²) in [6.45, 7) is 1.82. The van der Waals surface area contributed by atoms with Crippen LogP contribution >= 0.6 is 10.7 Å². The Bertz CT molecular complexity index is 455. The first-order valence-electron chi connectivity index (χ1n) is 3.72. The van der Waals surface area contributed by atoms with E-state index in [-0.39, 0.29) is 0 Å². The minimum Gasteiger partial charge on any atom is -0.312 e. The molecule has 0 fully saturated rings. The van der Waals surface area contributed by atoms with E-state index in [4.69, 9.17) is 10.7 Å². The average Bonchev–Trinajstić information content (AvgIpc) is 2.02. The normalized spacial score (nSPS) is 11.0. The van der Waals surface area contributed by atoms with Gasteiger partial charge in [0.2, 0.25) is 0 Å². The van der Waals surface area contributed by atoms with Gasteiger partial charge in [0, 0.05) is 16.4 Å². The molecule has 6 heteroatoms. The lowest BCUT2D eigenvalue weighted by Crippen LogP contribution is -2.16. The van der Waals surface area contributed by atoms with Crippen LogP contribution in [0.2, 0.25) is 0 Å². The number of anilines is 1. The Labute approximate surface area is 86.3 Å². The van der Waals surface area contributed by atoms with Gasteiger partial charge >= 0.3 is 14.3 Å². The van der Waals surface area contributed by atoms with E-state index in [1.54, 1.807) is 18.2 Å². The fraction of sp³-hybridized carbons (Fsp3) is 0.125. The quantitative estimate of drug-likeness (QED) is 0.756. The van der Waals surface area contributed by atoms with Crippen LogP contribution < -0.4 is 5.32 Å². The van der Waals surface area contributed by atoms with Crippen LogP contribution in [0.5, 0.6) is 0 Å². The van der Waals surface area contributed by atoms with E-state index in [0.717, 1.165) is 5.56 Å². The van der Waals surface area contributed by atoms with Crippen molar-refractivity contribution in [1.82, 2.24) is 0 Å². The number of carbonyl (C=O) groups excluding carboxylic acids is 1. The summed E-state index contributed by atoms with van der Waals surface area (Å²) in [5, 5.41) is 0.946. The van der Waals surface area contributed by atoms with Crippen molar-refractivity contribution < 1.29 is 13.2 Å². The Hall–Kier alpha value is -1.07. The van der Waals surface area contributed by atoms with E-state index in [0.29, 0.717) is 5.69 Å². The van der Waals surface area contributed by atoms with Gasteiger partial charge < -0.3 is 5.32 Å². The lowest BCUT2D eigenvalue weighted by Gasteiger charge is -2.02. The molecule has 1 rings (SSSR count). The van der Waals surface area contributed by atoms with Crippen LogP contribution in [0.3, 0.4) is 0 Å². The highest BCUT2D eigenvalue weighted by Gasteiger charge is 2.18. The predicted molar refractivity (Wildman–Crippen MR) is 55.0 cm³/mol. The molecular weight excluding hydrogens is 226 g/mol. The smallest absolute Gasteiger partial charge is 0.312 e. The highest BCUT2D eigenvalue weighted by molar-refractivity contribution is 8.25. The summed E-state index contributed by atoms with van der Waals surface area (Å²) in [5.74, 6) is 0. The Morgan fingerprint density at radius 2 is 2.07 bits per heavy atom. The minimum atomic E-state index is -4.19. The topological polar surface area (TPSA) is 63.2 Å². The number of amides is 1. The summed E-state index contributed by atoms with van der Waals surface area (Å²) in [5.41, 5.74) is 1.31. The van der Waals surface area contributed by atoms with Gasteiger partial charge in [-0.15, -0.1) is 0 Å². The third-order valence-electron chi connectivity index (χ3n) is 1.49. The zero-order chi connectivity index (χ0) is 10.8. The number of aryl methyl sites for hydroxylation is 1. The number of hydrogen-bond acceptors (Lipinski definition) is 3. The van der Waals surface area contributed by atoms with Gasteiger partial charge in [-0.1, -0.05) is 12.1 Å². The van der Waals surface area contributed by atoms with Crippen LogP contribution in [0.4, 0.5) is 10.5 Å². The number of hydrogen-bond donors (Lipinski definition) is 1. The van der Waals surface area contributed by atoms with Gasteiger partial charge in [0.05, 0.1) is 0 Å². The molecular formula is C8H8ClNO3S. The van der Waals surface area contributed by atoms with Crippen LogP contribution in [-0.2, 0) is 9.05 Å². The molecule has 0 spiro atoms. The summed E-state index contributed by atoms with van der Waals surface area (Å²) < 4.78 is 21.1. The summed E-state index contributed by atoms with van der Waals surface area (Å²) in [7, 11) is 0.642. The van der Waals surface area contributed by atoms with Gasteiger partial charge in [-0.3, -0.25) is 4.79 Å². The van der Waals surface area contributed by atoms with Crippen LogP contribution in [0, 0.1) is 6.92 Å². The number of carbonyl (C=O) groups is 1. The molecule has 0 atom stereocenters. The lowest BCUT2D eigenvalue weighted by atomic mass is 10.2. The molecule has 1 amide bonds. The first-order chi connectivity index (χ1) is 6.39. The average molecular weight is 234 g/mol. The number of halogens is 1. The monoisotopic (exact) mass is 233 g/mol. The molecule has 0 saturated carbocycles. The van der Waals surface area contributed by atoms with Crippen molar-refractivity contribution in [3.05, 3.63) is 29.8 Å². The van der Waals surface area contributed by atoms with Gasteiger partial charge in [0.1, 0.15) is 0 Å². The molecule has 0 heterocycles. The molecule has 4 nitrogen and oxygen atoms in total. The van der Waals surface area contributed by atoms with E-state index in [1.165, 1.54) is 0 Å². The summed E-state index contributed by atoms with van der Waals surface area (Å²) in [6.07, 6.45) is 0. The molecule has 1 aromatic carbocycles. The second-order valence-corrected chi connectivity index (χ2v) is 5.19. The van der Waals surface area contributed by atoms with Gasteiger partial charge in [-0.2, -0.15) is 0 Å². The first-order valence-corrected chi connectivity index (χ1v) is 6.03. The maximum atomic E-state index is 10.9. The molecule has 0 aliphatic carbocycles. The Balaban J connectivity index is 2.86. The van der Waals surface area contributed by atoms with Crippen molar-refractivity contribution in [3.8, 4) is 0 Å². The molecule has 0 aliphatic rings. The van der Waals surface area contributed by atoms with E-state index >= 15 is 0 Å². The first kappa shape index (κ1) is 11.0. The molecule has 1 N–H and O–H groups in total. The maximum Gasteiger partial charge on any atom is 0.356 e. The standard InChI is InChI=1S/C8H8ClNO3S/c1-6-3-2-4-7(5-6)10-8(11)14(9,12)13/h2-5H,1H3,(H,10,11). The molecule has 76 valence electrons. The van der Waals surface area contributed by atoms with Gasteiger partial charge in [0.25, 0.3) is 0 Å². The number of rotatable bonds is 1. The zero-order valence-electron chi connectivity index (χ0n) is 7.32. The summed E-state index contributed by atoms with van der Waals surface area (Å²) >= 11 is 0. The maximum absolute atomic E-state index is 10.9. The molecule has 1 aromatic rings. The molecule has 0 bridgehead atoms.